The van der Waals surface area contributed by atoms with Crippen molar-refractivity contribution in [2.45, 2.75) is 4.90 Å². The lowest BCUT2D eigenvalue weighted by Gasteiger charge is -2.19. The van der Waals surface area contributed by atoms with Gasteiger partial charge < -0.3 is 9.47 Å². The molecule has 0 aliphatic rings. The fourth-order valence-electron chi connectivity index (χ4n) is 1.90. The van der Waals surface area contributed by atoms with Crippen LogP contribution in [0.5, 0.6) is 5.75 Å². The van der Waals surface area contributed by atoms with Crippen molar-refractivity contribution >= 4 is 15.7 Å². The summed E-state index contributed by atoms with van der Waals surface area (Å²) in [5.74, 6) is 0.444. The number of rotatable bonds is 7. The molecule has 24 heavy (non-hydrogen) atoms. The normalized spacial score (nSPS) is 10.9. The molecule has 0 radical (unpaired) electrons. The van der Waals surface area contributed by atoms with Crippen molar-refractivity contribution < 1.29 is 17.9 Å². The standard InChI is InChI=1S/C16H17N3O4S/c1-19(14-7-6-13(11-17)18-12-14)24(20,21)16-5-3-4-15(10-16)23-9-8-22-2/h3-7,10,12H,8-9H2,1-2H3. The number of nitriles is 1. The maximum Gasteiger partial charge on any atom is 0.264 e. The average molecular weight is 347 g/mol. The van der Waals surface area contributed by atoms with E-state index in [0.29, 0.717) is 24.7 Å². The van der Waals surface area contributed by atoms with Crippen molar-refractivity contribution in [2.75, 3.05) is 31.7 Å². The SMILES string of the molecule is COCCOc1cccc(S(=O)(=O)N(C)c2ccc(C#N)nc2)c1. The minimum Gasteiger partial charge on any atom is -0.491 e. The van der Waals surface area contributed by atoms with Gasteiger partial charge in [-0.1, -0.05) is 6.07 Å². The average Bonchev–Trinajstić information content (AvgIpc) is 2.61. The Morgan fingerprint density at radius 2 is 2.04 bits per heavy atom. The molecule has 0 atom stereocenters. The van der Waals surface area contributed by atoms with Crippen LogP contribution in [0.4, 0.5) is 5.69 Å². The predicted molar refractivity (Wildman–Crippen MR) is 88.4 cm³/mol. The Morgan fingerprint density at radius 1 is 1.25 bits per heavy atom. The Morgan fingerprint density at radius 3 is 2.67 bits per heavy atom. The van der Waals surface area contributed by atoms with Gasteiger partial charge in [0, 0.05) is 20.2 Å². The van der Waals surface area contributed by atoms with Gasteiger partial charge >= 0.3 is 0 Å². The van der Waals surface area contributed by atoms with Crippen molar-refractivity contribution in [1.29, 1.82) is 5.26 Å². The van der Waals surface area contributed by atoms with Crippen molar-refractivity contribution in [3.05, 3.63) is 48.3 Å². The molecule has 2 rings (SSSR count). The summed E-state index contributed by atoms with van der Waals surface area (Å²) in [5.41, 5.74) is 0.581. The Balaban J connectivity index is 2.25. The largest absolute Gasteiger partial charge is 0.491 e. The number of hydrogen-bond donors (Lipinski definition) is 0. The van der Waals surface area contributed by atoms with Gasteiger partial charge in [-0.2, -0.15) is 5.26 Å². The quantitative estimate of drug-likeness (QED) is 0.709. The smallest absolute Gasteiger partial charge is 0.264 e. The molecule has 2 aromatic rings. The van der Waals surface area contributed by atoms with Crippen LogP contribution < -0.4 is 9.04 Å². The van der Waals surface area contributed by atoms with Gasteiger partial charge in [-0.05, 0) is 24.3 Å². The highest BCUT2D eigenvalue weighted by molar-refractivity contribution is 7.92. The van der Waals surface area contributed by atoms with Crippen molar-refractivity contribution in [3.8, 4) is 11.8 Å². The van der Waals surface area contributed by atoms with Crippen LogP contribution in [-0.2, 0) is 14.8 Å². The van der Waals surface area contributed by atoms with E-state index in [1.165, 1.54) is 37.5 Å². The molecule has 0 saturated heterocycles. The van der Waals surface area contributed by atoms with Gasteiger partial charge in [-0.25, -0.2) is 13.4 Å². The first-order valence-corrected chi connectivity index (χ1v) is 8.50. The van der Waals surface area contributed by atoms with E-state index < -0.39 is 10.0 Å². The summed E-state index contributed by atoms with van der Waals surface area (Å²) in [7, 11) is -0.778. The van der Waals surface area contributed by atoms with Crippen LogP contribution in [0, 0.1) is 11.3 Å². The molecule has 1 aromatic heterocycles. The van der Waals surface area contributed by atoms with Gasteiger partial charge in [0.05, 0.1) is 23.4 Å². The van der Waals surface area contributed by atoms with Crippen LogP contribution in [0.25, 0.3) is 0 Å². The topological polar surface area (TPSA) is 92.5 Å². The van der Waals surface area contributed by atoms with Gasteiger partial charge in [0.2, 0.25) is 0 Å². The lowest BCUT2D eigenvalue weighted by atomic mass is 10.3. The van der Waals surface area contributed by atoms with E-state index in [2.05, 4.69) is 4.98 Å². The van der Waals surface area contributed by atoms with Crippen molar-refractivity contribution in [1.82, 2.24) is 4.98 Å². The Kier molecular flexibility index (Phi) is 5.73. The molecule has 1 aromatic carbocycles. The highest BCUT2D eigenvalue weighted by Crippen LogP contribution is 2.24. The second-order valence-corrected chi connectivity index (χ2v) is 6.77. The summed E-state index contributed by atoms with van der Waals surface area (Å²) in [4.78, 5) is 3.99. The van der Waals surface area contributed by atoms with Gasteiger partial charge in [-0.15, -0.1) is 0 Å². The second kappa shape index (κ2) is 7.77. The summed E-state index contributed by atoms with van der Waals surface area (Å²) in [5, 5.41) is 8.76. The van der Waals surface area contributed by atoms with Crippen LogP contribution >= 0.6 is 0 Å². The first-order valence-electron chi connectivity index (χ1n) is 7.06. The number of anilines is 1. The monoisotopic (exact) mass is 347 g/mol. The molecule has 0 bridgehead atoms. The summed E-state index contributed by atoms with van der Waals surface area (Å²) in [6.45, 7) is 0.739. The molecule has 0 amide bonds. The molecular formula is C16H17N3O4S. The molecule has 0 fully saturated rings. The van der Waals surface area contributed by atoms with Gasteiger partial charge in [0.15, 0.2) is 0 Å². The Hall–Kier alpha value is -2.63. The van der Waals surface area contributed by atoms with Crippen LogP contribution in [0.15, 0.2) is 47.5 Å². The van der Waals surface area contributed by atoms with E-state index in [0.717, 1.165) is 4.31 Å². The van der Waals surface area contributed by atoms with Crippen LogP contribution in [0.1, 0.15) is 5.69 Å². The lowest BCUT2D eigenvalue weighted by molar-refractivity contribution is 0.146. The summed E-state index contributed by atoms with van der Waals surface area (Å²) < 4.78 is 36.9. The highest BCUT2D eigenvalue weighted by atomic mass is 32.2. The molecular weight excluding hydrogens is 330 g/mol. The first kappa shape index (κ1) is 17.7. The second-order valence-electron chi connectivity index (χ2n) is 4.80. The van der Waals surface area contributed by atoms with Gasteiger partial charge in [-0.3, -0.25) is 4.31 Å². The Bertz CT molecular complexity index is 829. The fourth-order valence-corrected chi connectivity index (χ4v) is 3.12. The Labute approximate surface area is 141 Å². The van der Waals surface area contributed by atoms with Crippen molar-refractivity contribution in [2.24, 2.45) is 0 Å². The molecule has 126 valence electrons. The molecule has 0 saturated carbocycles. The summed E-state index contributed by atoms with van der Waals surface area (Å²) >= 11 is 0. The molecule has 0 unspecified atom stereocenters. The van der Waals surface area contributed by atoms with E-state index in [-0.39, 0.29) is 10.6 Å². The third kappa shape index (κ3) is 4.01. The third-order valence-electron chi connectivity index (χ3n) is 3.25. The number of sulfonamides is 1. The summed E-state index contributed by atoms with van der Waals surface area (Å²) in [6.07, 6.45) is 1.34. The maximum atomic E-state index is 12.7. The molecule has 0 N–H and O–H groups in total. The molecule has 0 aliphatic carbocycles. The van der Waals surface area contributed by atoms with Gasteiger partial charge in [0.1, 0.15) is 24.1 Å². The molecule has 8 heteroatoms. The summed E-state index contributed by atoms with van der Waals surface area (Å²) in [6, 6.07) is 11.1. The van der Waals surface area contributed by atoms with E-state index in [4.69, 9.17) is 14.7 Å². The predicted octanol–water partition coefficient (Wildman–Crippen LogP) is 1.80. The fraction of sp³-hybridized carbons (Fsp3) is 0.250. The molecule has 0 spiro atoms. The zero-order chi connectivity index (χ0) is 17.6. The number of methoxy groups -OCH3 is 1. The van der Waals surface area contributed by atoms with Gasteiger partial charge in [0.25, 0.3) is 10.0 Å². The highest BCUT2D eigenvalue weighted by Gasteiger charge is 2.22. The number of aromatic nitrogens is 1. The number of hydrogen-bond acceptors (Lipinski definition) is 6. The number of ether oxygens (including phenoxy) is 2. The zero-order valence-corrected chi connectivity index (χ0v) is 14.2. The van der Waals surface area contributed by atoms with Crippen LogP contribution in [0.2, 0.25) is 0 Å². The molecule has 7 nitrogen and oxygen atoms in total. The molecule has 0 aliphatic heterocycles. The minimum absolute atomic E-state index is 0.101. The van der Waals surface area contributed by atoms with E-state index in [9.17, 15) is 8.42 Å². The maximum absolute atomic E-state index is 12.7. The van der Waals surface area contributed by atoms with E-state index >= 15 is 0 Å². The van der Waals surface area contributed by atoms with Crippen LogP contribution in [-0.4, -0.2) is 40.8 Å². The van der Waals surface area contributed by atoms with E-state index in [1.807, 2.05) is 6.07 Å². The van der Waals surface area contributed by atoms with Crippen molar-refractivity contribution in [3.63, 3.8) is 0 Å². The zero-order valence-electron chi connectivity index (χ0n) is 13.3. The van der Waals surface area contributed by atoms with Crippen LogP contribution in [0.3, 0.4) is 0 Å². The third-order valence-corrected chi connectivity index (χ3v) is 5.03. The lowest BCUT2D eigenvalue weighted by Crippen LogP contribution is -2.26. The van der Waals surface area contributed by atoms with E-state index in [1.54, 1.807) is 19.2 Å². The number of pyridine rings is 1. The molecule has 1 heterocycles. The number of benzene rings is 1. The minimum atomic E-state index is -3.77. The first-order chi connectivity index (χ1) is 11.5. The number of nitrogens with zero attached hydrogens (tertiary/aromatic N) is 3.